The lowest BCUT2D eigenvalue weighted by Crippen LogP contribution is -2.39. The molecule has 0 aromatic carbocycles. The molecule has 1 fully saturated rings. The zero-order chi connectivity index (χ0) is 9.90. The second kappa shape index (κ2) is 4.33. The smallest absolute Gasteiger partial charge is 0.252 e. The van der Waals surface area contributed by atoms with Crippen LogP contribution in [0.25, 0.3) is 0 Å². The van der Waals surface area contributed by atoms with Crippen LogP contribution in [0.3, 0.4) is 0 Å². The molecule has 2 N–H and O–H groups in total. The van der Waals surface area contributed by atoms with E-state index in [-0.39, 0.29) is 13.0 Å². The van der Waals surface area contributed by atoms with Gasteiger partial charge in [-0.15, -0.1) is 0 Å². The molecule has 13 heavy (non-hydrogen) atoms. The number of nitrogens with zero attached hydrogens (tertiary/aromatic N) is 1. The summed E-state index contributed by atoms with van der Waals surface area (Å²) < 4.78 is 26.7. The molecule has 1 saturated heterocycles. The maximum Gasteiger partial charge on any atom is 0.252 e. The number of piperidine rings is 1. The monoisotopic (exact) mass is 192 g/mol. The van der Waals surface area contributed by atoms with Crippen molar-refractivity contribution in [1.82, 2.24) is 4.90 Å². The van der Waals surface area contributed by atoms with Crippen LogP contribution < -0.4 is 5.73 Å². The van der Waals surface area contributed by atoms with Crippen LogP contribution in [0.5, 0.6) is 0 Å². The molecule has 0 atom stereocenters. The Morgan fingerprint density at radius 2 is 1.92 bits per heavy atom. The lowest BCUT2D eigenvalue weighted by molar-refractivity contribution is -0.0809. The third-order valence-corrected chi connectivity index (χ3v) is 2.79. The van der Waals surface area contributed by atoms with Gasteiger partial charge in [-0.05, 0) is 39.5 Å². The van der Waals surface area contributed by atoms with E-state index in [4.69, 9.17) is 5.73 Å². The Morgan fingerprint density at radius 3 is 2.38 bits per heavy atom. The Bertz CT molecular complexity index is 154. The van der Waals surface area contributed by atoms with Crippen molar-refractivity contribution < 1.29 is 8.78 Å². The minimum atomic E-state index is -2.55. The van der Waals surface area contributed by atoms with Gasteiger partial charge in [0.05, 0.1) is 0 Å². The number of halogens is 2. The van der Waals surface area contributed by atoms with Gasteiger partial charge < -0.3 is 10.6 Å². The van der Waals surface area contributed by atoms with Crippen molar-refractivity contribution in [1.29, 1.82) is 0 Å². The molecule has 0 saturated carbocycles. The number of rotatable bonds is 3. The van der Waals surface area contributed by atoms with Crippen molar-refractivity contribution in [3.05, 3.63) is 0 Å². The summed E-state index contributed by atoms with van der Waals surface area (Å²) in [6, 6.07) is 0. The van der Waals surface area contributed by atoms with E-state index in [1.807, 2.05) is 7.05 Å². The standard InChI is InChI=1S/C9H18F2N2/c1-13-6-2-8(3-7-13)9(10,11)4-5-12/h8H,2-7,12H2,1H3. The maximum absolute atomic E-state index is 13.3. The van der Waals surface area contributed by atoms with Gasteiger partial charge in [0.15, 0.2) is 0 Å². The molecule has 0 amide bonds. The van der Waals surface area contributed by atoms with Gasteiger partial charge in [0.2, 0.25) is 0 Å². The van der Waals surface area contributed by atoms with Crippen molar-refractivity contribution >= 4 is 0 Å². The Labute approximate surface area is 78.1 Å². The minimum Gasteiger partial charge on any atom is -0.330 e. The summed E-state index contributed by atoms with van der Waals surface area (Å²) in [6.07, 6.45) is 1.04. The highest BCUT2D eigenvalue weighted by molar-refractivity contribution is 4.82. The summed E-state index contributed by atoms with van der Waals surface area (Å²) >= 11 is 0. The molecule has 0 spiro atoms. The van der Waals surface area contributed by atoms with Crippen molar-refractivity contribution in [3.63, 3.8) is 0 Å². The first-order valence-corrected chi connectivity index (χ1v) is 4.82. The van der Waals surface area contributed by atoms with Gasteiger partial charge in [-0.3, -0.25) is 0 Å². The fourth-order valence-corrected chi connectivity index (χ4v) is 1.83. The predicted octanol–water partition coefficient (Wildman–Crippen LogP) is 1.31. The van der Waals surface area contributed by atoms with Gasteiger partial charge in [-0.1, -0.05) is 0 Å². The highest BCUT2D eigenvalue weighted by atomic mass is 19.3. The third kappa shape index (κ3) is 2.88. The van der Waals surface area contributed by atoms with Gasteiger partial charge >= 0.3 is 0 Å². The molecule has 0 unspecified atom stereocenters. The molecule has 0 radical (unpaired) electrons. The van der Waals surface area contributed by atoms with Gasteiger partial charge in [0, 0.05) is 12.3 Å². The van der Waals surface area contributed by atoms with Crippen molar-refractivity contribution in [2.75, 3.05) is 26.7 Å². The first kappa shape index (κ1) is 10.9. The van der Waals surface area contributed by atoms with Gasteiger partial charge in [0.1, 0.15) is 0 Å². The fraction of sp³-hybridized carbons (Fsp3) is 1.00. The molecule has 4 heteroatoms. The van der Waals surface area contributed by atoms with E-state index in [2.05, 4.69) is 4.90 Å². The average Bonchev–Trinajstić information content (AvgIpc) is 2.05. The first-order valence-electron chi connectivity index (χ1n) is 4.82. The summed E-state index contributed by atoms with van der Waals surface area (Å²) in [6.45, 7) is 1.65. The molecule has 78 valence electrons. The Hall–Kier alpha value is -0.220. The van der Waals surface area contributed by atoms with E-state index in [0.29, 0.717) is 12.8 Å². The van der Waals surface area contributed by atoms with Crippen LogP contribution in [-0.2, 0) is 0 Å². The zero-order valence-electron chi connectivity index (χ0n) is 8.10. The van der Waals surface area contributed by atoms with E-state index in [1.165, 1.54) is 0 Å². The van der Waals surface area contributed by atoms with Crippen LogP contribution in [0, 0.1) is 5.92 Å². The molecule has 1 heterocycles. The van der Waals surface area contributed by atoms with Crippen LogP contribution in [0.2, 0.25) is 0 Å². The number of hydrogen-bond acceptors (Lipinski definition) is 2. The van der Waals surface area contributed by atoms with Crippen molar-refractivity contribution in [3.8, 4) is 0 Å². The quantitative estimate of drug-likeness (QED) is 0.730. The van der Waals surface area contributed by atoms with Crippen LogP contribution in [0.1, 0.15) is 19.3 Å². The SMILES string of the molecule is CN1CCC(C(F)(F)CCN)CC1. The summed E-state index contributed by atoms with van der Waals surface area (Å²) in [5.41, 5.74) is 5.16. The molecule has 0 bridgehead atoms. The van der Waals surface area contributed by atoms with Crippen molar-refractivity contribution in [2.45, 2.75) is 25.2 Å². The van der Waals surface area contributed by atoms with Crippen LogP contribution in [-0.4, -0.2) is 37.5 Å². The molecule has 1 aliphatic rings. The largest absolute Gasteiger partial charge is 0.330 e. The summed E-state index contributed by atoms with van der Waals surface area (Å²) in [7, 11) is 1.97. The second-order valence-electron chi connectivity index (χ2n) is 3.88. The lowest BCUT2D eigenvalue weighted by Gasteiger charge is -2.33. The van der Waals surface area contributed by atoms with Crippen LogP contribution >= 0.6 is 0 Å². The highest BCUT2D eigenvalue weighted by Crippen LogP contribution is 2.34. The summed E-state index contributed by atoms with van der Waals surface area (Å²) in [5.74, 6) is -3.00. The normalized spacial score (nSPS) is 22.2. The van der Waals surface area contributed by atoms with E-state index < -0.39 is 11.8 Å². The van der Waals surface area contributed by atoms with E-state index in [0.717, 1.165) is 13.1 Å². The van der Waals surface area contributed by atoms with Crippen LogP contribution in [0.15, 0.2) is 0 Å². The molecule has 0 aromatic rings. The summed E-state index contributed by atoms with van der Waals surface area (Å²) in [4.78, 5) is 2.09. The minimum absolute atomic E-state index is 0.0827. The highest BCUT2D eigenvalue weighted by Gasteiger charge is 2.39. The van der Waals surface area contributed by atoms with Crippen molar-refractivity contribution in [2.24, 2.45) is 11.7 Å². The van der Waals surface area contributed by atoms with Gasteiger partial charge in [0.25, 0.3) is 5.92 Å². The number of alkyl halides is 2. The molecule has 1 aliphatic heterocycles. The molecular weight excluding hydrogens is 174 g/mol. The molecule has 2 nitrogen and oxygen atoms in total. The lowest BCUT2D eigenvalue weighted by atomic mass is 9.89. The van der Waals surface area contributed by atoms with E-state index in [9.17, 15) is 8.78 Å². The number of likely N-dealkylation sites (tertiary alicyclic amines) is 1. The average molecular weight is 192 g/mol. The summed E-state index contributed by atoms with van der Waals surface area (Å²) in [5, 5.41) is 0. The van der Waals surface area contributed by atoms with E-state index in [1.54, 1.807) is 0 Å². The Kier molecular flexibility index (Phi) is 3.62. The predicted molar refractivity (Wildman–Crippen MR) is 48.8 cm³/mol. The maximum atomic E-state index is 13.3. The Morgan fingerprint density at radius 1 is 1.38 bits per heavy atom. The van der Waals surface area contributed by atoms with E-state index >= 15 is 0 Å². The van der Waals surface area contributed by atoms with Gasteiger partial charge in [-0.25, -0.2) is 8.78 Å². The number of nitrogens with two attached hydrogens (primary N) is 1. The van der Waals surface area contributed by atoms with Crippen LogP contribution in [0.4, 0.5) is 8.78 Å². The molecular formula is C9H18F2N2. The number of hydrogen-bond donors (Lipinski definition) is 1. The fourth-order valence-electron chi connectivity index (χ4n) is 1.83. The molecule has 1 rings (SSSR count). The zero-order valence-corrected chi connectivity index (χ0v) is 8.10. The molecule has 0 aliphatic carbocycles. The Balaban J connectivity index is 2.42. The second-order valence-corrected chi connectivity index (χ2v) is 3.88. The first-order chi connectivity index (χ1) is 6.06. The third-order valence-electron chi connectivity index (χ3n) is 2.79. The van der Waals surface area contributed by atoms with Gasteiger partial charge in [-0.2, -0.15) is 0 Å². The molecule has 0 aromatic heterocycles. The topological polar surface area (TPSA) is 29.3 Å².